The van der Waals surface area contributed by atoms with Gasteiger partial charge in [0.15, 0.2) is 6.61 Å². The highest BCUT2D eigenvalue weighted by Gasteiger charge is 2.20. The fraction of sp³-hybridized carbons (Fsp3) is 0.450. The number of ether oxygens (including phenoxy) is 1. The zero-order valence-electron chi connectivity index (χ0n) is 16.2. The number of hydrogen-bond acceptors (Lipinski definition) is 6. The van der Waals surface area contributed by atoms with E-state index in [1.807, 2.05) is 6.92 Å². The summed E-state index contributed by atoms with van der Waals surface area (Å²) in [7, 11) is 0. The standard InChI is InChI=1S/C20H25NO6S/c1-4-5-6-13-9-18(23)27-16-8-12(2)7-15(19(13)16)26-10-17(22)21-14(11-28-3)20(24)25/h7-9,14H,4-6,10-11H2,1-3H3,(H,21,22)(H,24,25). The fourth-order valence-corrected chi connectivity index (χ4v) is 3.43. The van der Waals surface area contributed by atoms with Crippen LogP contribution in [-0.2, 0) is 16.0 Å². The highest BCUT2D eigenvalue weighted by atomic mass is 32.2. The number of aliphatic carboxylic acids is 1. The number of unbranched alkanes of at least 4 members (excludes halogenated alkanes) is 1. The van der Waals surface area contributed by atoms with Crippen molar-refractivity contribution in [2.24, 2.45) is 0 Å². The number of carboxylic acid groups (broad SMARTS) is 1. The Bertz CT molecular complexity index is 907. The molecule has 1 atom stereocenters. The molecule has 28 heavy (non-hydrogen) atoms. The molecule has 1 heterocycles. The van der Waals surface area contributed by atoms with Crippen LogP contribution in [0.3, 0.4) is 0 Å². The number of carbonyl (C=O) groups is 2. The molecule has 0 saturated heterocycles. The first kappa shape index (κ1) is 21.8. The number of fused-ring (bicyclic) bond motifs is 1. The number of benzene rings is 1. The van der Waals surface area contributed by atoms with Gasteiger partial charge in [-0.3, -0.25) is 4.79 Å². The van der Waals surface area contributed by atoms with Crippen LogP contribution in [0.15, 0.2) is 27.4 Å². The Balaban J connectivity index is 2.27. The maximum atomic E-state index is 12.2. The number of thioether (sulfide) groups is 1. The van der Waals surface area contributed by atoms with E-state index in [1.54, 1.807) is 18.4 Å². The Hall–Kier alpha value is -2.48. The summed E-state index contributed by atoms with van der Waals surface area (Å²) in [4.78, 5) is 35.2. The lowest BCUT2D eigenvalue weighted by Crippen LogP contribution is -2.44. The first-order valence-electron chi connectivity index (χ1n) is 9.07. The van der Waals surface area contributed by atoms with Gasteiger partial charge in [0.25, 0.3) is 5.91 Å². The van der Waals surface area contributed by atoms with E-state index in [9.17, 15) is 14.4 Å². The predicted octanol–water partition coefficient (Wildman–Crippen LogP) is 2.76. The van der Waals surface area contributed by atoms with Gasteiger partial charge in [0.05, 0.1) is 5.39 Å². The van der Waals surface area contributed by atoms with Crippen LogP contribution in [0.5, 0.6) is 5.75 Å². The Morgan fingerprint density at radius 1 is 1.32 bits per heavy atom. The second-order valence-electron chi connectivity index (χ2n) is 6.53. The van der Waals surface area contributed by atoms with E-state index in [2.05, 4.69) is 12.2 Å². The zero-order chi connectivity index (χ0) is 20.7. The van der Waals surface area contributed by atoms with E-state index in [-0.39, 0.29) is 12.4 Å². The lowest BCUT2D eigenvalue weighted by Gasteiger charge is -2.15. The molecule has 0 bridgehead atoms. The lowest BCUT2D eigenvalue weighted by atomic mass is 10.0. The molecule has 0 aliphatic carbocycles. The van der Waals surface area contributed by atoms with E-state index in [0.29, 0.717) is 23.1 Å². The number of amides is 1. The van der Waals surface area contributed by atoms with Gasteiger partial charge < -0.3 is 19.6 Å². The highest BCUT2D eigenvalue weighted by molar-refractivity contribution is 7.98. The summed E-state index contributed by atoms with van der Waals surface area (Å²) >= 11 is 1.33. The average molecular weight is 407 g/mol. The van der Waals surface area contributed by atoms with Crippen molar-refractivity contribution < 1.29 is 23.8 Å². The van der Waals surface area contributed by atoms with Crippen LogP contribution < -0.4 is 15.7 Å². The molecule has 7 nitrogen and oxygen atoms in total. The Labute approximate surface area is 167 Å². The molecule has 2 rings (SSSR count). The molecule has 152 valence electrons. The molecule has 1 amide bonds. The van der Waals surface area contributed by atoms with Crippen molar-refractivity contribution in [3.63, 3.8) is 0 Å². The first-order valence-corrected chi connectivity index (χ1v) is 10.5. The molecule has 1 aromatic heterocycles. The molecule has 2 aromatic rings. The van der Waals surface area contributed by atoms with Crippen molar-refractivity contribution in [1.82, 2.24) is 5.32 Å². The summed E-state index contributed by atoms with van der Waals surface area (Å²) in [5, 5.41) is 12.3. The molecular formula is C20H25NO6S. The van der Waals surface area contributed by atoms with Crippen molar-refractivity contribution in [2.75, 3.05) is 18.6 Å². The molecule has 0 saturated carbocycles. The Morgan fingerprint density at radius 3 is 2.71 bits per heavy atom. The smallest absolute Gasteiger partial charge is 0.336 e. The summed E-state index contributed by atoms with van der Waals surface area (Å²) in [6.07, 6.45) is 4.33. The number of aryl methyl sites for hydroxylation is 2. The molecule has 0 aliphatic rings. The van der Waals surface area contributed by atoms with E-state index in [0.717, 1.165) is 24.0 Å². The van der Waals surface area contributed by atoms with Crippen LogP contribution in [0, 0.1) is 6.92 Å². The van der Waals surface area contributed by atoms with Crippen LogP contribution in [0.4, 0.5) is 0 Å². The molecule has 0 aliphatic heterocycles. The van der Waals surface area contributed by atoms with Crippen LogP contribution in [-0.4, -0.2) is 41.6 Å². The third kappa shape index (κ3) is 5.76. The van der Waals surface area contributed by atoms with Gasteiger partial charge in [-0.25, -0.2) is 9.59 Å². The van der Waals surface area contributed by atoms with Crippen LogP contribution in [0.25, 0.3) is 11.0 Å². The number of rotatable bonds is 10. The number of carboxylic acids is 1. The minimum absolute atomic E-state index is 0.265. The van der Waals surface area contributed by atoms with Gasteiger partial charge in [-0.05, 0) is 49.3 Å². The van der Waals surface area contributed by atoms with Crippen LogP contribution in [0.1, 0.15) is 30.9 Å². The highest BCUT2D eigenvalue weighted by Crippen LogP contribution is 2.30. The average Bonchev–Trinajstić information content (AvgIpc) is 2.63. The number of carbonyl (C=O) groups excluding carboxylic acids is 1. The van der Waals surface area contributed by atoms with Gasteiger partial charge in [-0.15, -0.1) is 0 Å². The maximum Gasteiger partial charge on any atom is 0.336 e. The summed E-state index contributed by atoms with van der Waals surface area (Å²) in [5.74, 6) is -0.909. The number of nitrogens with one attached hydrogen (secondary N) is 1. The monoisotopic (exact) mass is 407 g/mol. The summed E-state index contributed by atoms with van der Waals surface area (Å²) < 4.78 is 11.0. The van der Waals surface area contributed by atoms with Gasteiger partial charge in [0.2, 0.25) is 0 Å². The predicted molar refractivity (Wildman–Crippen MR) is 109 cm³/mol. The van der Waals surface area contributed by atoms with Crippen molar-refractivity contribution in [1.29, 1.82) is 0 Å². The van der Waals surface area contributed by atoms with Gasteiger partial charge in [0.1, 0.15) is 17.4 Å². The van der Waals surface area contributed by atoms with Crippen LogP contribution >= 0.6 is 11.8 Å². The third-order valence-corrected chi connectivity index (χ3v) is 4.83. The topological polar surface area (TPSA) is 106 Å². The first-order chi connectivity index (χ1) is 13.3. The van der Waals surface area contributed by atoms with E-state index in [4.69, 9.17) is 14.3 Å². The Kier molecular flexibility index (Phi) is 7.92. The second kappa shape index (κ2) is 10.2. The minimum atomic E-state index is -1.09. The minimum Gasteiger partial charge on any atom is -0.483 e. The second-order valence-corrected chi connectivity index (χ2v) is 7.44. The summed E-state index contributed by atoms with van der Waals surface area (Å²) in [6.45, 7) is 3.57. The lowest BCUT2D eigenvalue weighted by molar-refractivity contribution is -0.141. The Morgan fingerprint density at radius 2 is 2.07 bits per heavy atom. The molecule has 8 heteroatoms. The zero-order valence-corrected chi connectivity index (χ0v) is 17.1. The van der Waals surface area contributed by atoms with E-state index in [1.165, 1.54) is 17.8 Å². The maximum absolute atomic E-state index is 12.2. The fourth-order valence-electron chi connectivity index (χ4n) is 2.87. The van der Waals surface area contributed by atoms with Crippen molar-refractivity contribution in [2.45, 2.75) is 39.2 Å². The van der Waals surface area contributed by atoms with Crippen molar-refractivity contribution >= 4 is 34.6 Å². The molecule has 0 spiro atoms. The van der Waals surface area contributed by atoms with Gasteiger partial charge in [0, 0.05) is 11.8 Å². The van der Waals surface area contributed by atoms with E-state index < -0.39 is 23.5 Å². The third-order valence-electron chi connectivity index (χ3n) is 4.16. The largest absolute Gasteiger partial charge is 0.483 e. The molecular weight excluding hydrogens is 382 g/mol. The normalized spacial score (nSPS) is 12.0. The van der Waals surface area contributed by atoms with Gasteiger partial charge in [-0.1, -0.05) is 13.3 Å². The molecule has 0 fully saturated rings. The number of hydrogen-bond donors (Lipinski definition) is 2. The van der Waals surface area contributed by atoms with E-state index >= 15 is 0 Å². The molecule has 0 radical (unpaired) electrons. The summed E-state index contributed by atoms with van der Waals surface area (Å²) in [5.41, 5.74) is 1.63. The van der Waals surface area contributed by atoms with Crippen molar-refractivity contribution in [3.8, 4) is 5.75 Å². The van der Waals surface area contributed by atoms with Crippen molar-refractivity contribution in [3.05, 3.63) is 39.7 Å². The SMILES string of the molecule is CCCCc1cc(=O)oc2cc(C)cc(OCC(=O)NC(CSC)C(=O)O)c12. The molecule has 1 aromatic carbocycles. The molecule has 1 unspecified atom stereocenters. The quantitative estimate of drug-likeness (QED) is 0.583. The van der Waals surface area contributed by atoms with Gasteiger partial charge >= 0.3 is 11.6 Å². The molecule has 2 N–H and O–H groups in total. The van der Waals surface area contributed by atoms with Crippen LogP contribution in [0.2, 0.25) is 0 Å². The van der Waals surface area contributed by atoms with Gasteiger partial charge in [-0.2, -0.15) is 11.8 Å². The summed E-state index contributed by atoms with van der Waals surface area (Å²) in [6, 6.07) is 4.03.